The molecule has 2 aliphatic heterocycles. The maximum absolute atomic E-state index is 12.9. The van der Waals surface area contributed by atoms with Gasteiger partial charge in [-0.05, 0) is 24.6 Å². The van der Waals surface area contributed by atoms with Crippen LogP contribution in [0.1, 0.15) is 34.6 Å². The number of carbonyl (C=O) groups is 4. The predicted octanol–water partition coefficient (Wildman–Crippen LogP) is -0.656. The number of fused-ring (bicyclic) bond motifs is 3. The summed E-state index contributed by atoms with van der Waals surface area (Å²) in [5, 5.41) is 35.7. The van der Waals surface area contributed by atoms with Crippen LogP contribution in [0.2, 0.25) is 0 Å². The Kier molecular flexibility index (Phi) is 7.93. The van der Waals surface area contributed by atoms with Crippen LogP contribution in [0, 0.1) is 17.3 Å². The van der Waals surface area contributed by atoms with E-state index >= 15 is 0 Å². The van der Waals surface area contributed by atoms with Gasteiger partial charge in [0.15, 0.2) is 17.8 Å². The lowest BCUT2D eigenvalue weighted by Crippen LogP contribution is -2.75. The Labute approximate surface area is 231 Å². The van der Waals surface area contributed by atoms with Crippen molar-refractivity contribution in [1.82, 2.24) is 0 Å². The Hall–Kier alpha value is -2.84. The summed E-state index contributed by atoms with van der Waals surface area (Å²) >= 11 is 0. The summed E-state index contributed by atoms with van der Waals surface area (Å²) in [6.45, 7) is 6.10. The van der Waals surface area contributed by atoms with Crippen LogP contribution in [-0.4, -0.2) is 107 Å². The lowest BCUT2D eigenvalue weighted by atomic mass is 9.51. The van der Waals surface area contributed by atoms with Crippen LogP contribution in [0.15, 0.2) is 23.8 Å². The lowest BCUT2D eigenvalue weighted by Gasteiger charge is -2.58. The van der Waals surface area contributed by atoms with E-state index in [0.717, 1.165) is 20.8 Å². The van der Waals surface area contributed by atoms with Crippen LogP contribution >= 0.6 is 0 Å². The summed E-state index contributed by atoms with van der Waals surface area (Å²) < 4.78 is 33.5. The third-order valence-electron chi connectivity index (χ3n) is 8.60. The number of aliphatic hydroxyl groups is 3. The van der Waals surface area contributed by atoms with Crippen LogP contribution in [0.25, 0.3) is 0 Å². The fraction of sp³-hybridized carbons (Fsp3) is 0.704. The van der Waals surface area contributed by atoms with Gasteiger partial charge in [-0.15, -0.1) is 0 Å². The van der Waals surface area contributed by atoms with Crippen LogP contribution in [0.4, 0.5) is 0 Å². The van der Waals surface area contributed by atoms with Gasteiger partial charge < -0.3 is 43.7 Å². The SMILES string of the molecule is COCC1=C/[C@@H]2OC(=O)[C@H](C)[C@]2(O)C(OC(C)=O)[C@H]2[C@@]3(CO3)[C@H](O)[C@H](OC(C)=O)[C@H](O)[C@]2(C)[C@@H](OC(C)=O)\C=C\1. The normalized spacial score (nSPS) is 46.1. The van der Waals surface area contributed by atoms with E-state index in [1.807, 2.05) is 0 Å². The second-order valence-corrected chi connectivity index (χ2v) is 11.1. The van der Waals surface area contributed by atoms with Crippen molar-refractivity contribution in [2.45, 2.75) is 82.4 Å². The molecule has 40 heavy (non-hydrogen) atoms. The molecule has 0 radical (unpaired) electrons. The van der Waals surface area contributed by atoms with Gasteiger partial charge in [-0.1, -0.05) is 13.0 Å². The molecule has 0 amide bonds. The standard InChI is InChI=1S/C27H36O13/c1-12-24(33)40-18-9-16(10-35-6)7-8-17(37-13(2)28)25(5)20(23(27(12,18)34)39-15(4)30)26(11-36-26)22(32)19(21(25)31)38-14(3)29/h7-9,12,17-23,31-32,34H,10-11H2,1-6H3/b8-7+,16-9+/t12-,17-,18-,19+,20+,21-,22+,23?,25+,26-,27+/m0/s1. The monoisotopic (exact) mass is 568 g/mol. The Morgan fingerprint density at radius 1 is 1.05 bits per heavy atom. The first-order valence-electron chi connectivity index (χ1n) is 13.0. The fourth-order valence-corrected chi connectivity index (χ4v) is 6.60. The van der Waals surface area contributed by atoms with Crippen molar-refractivity contribution < 1.29 is 62.9 Å². The molecule has 222 valence electrons. The van der Waals surface area contributed by atoms with Gasteiger partial charge in [0.05, 0.1) is 19.1 Å². The number of hydrogen-bond acceptors (Lipinski definition) is 13. The number of hydrogen-bond donors (Lipinski definition) is 3. The minimum atomic E-state index is -2.24. The van der Waals surface area contributed by atoms with Crippen molar-refractivity contribution in [3.63, 3.8) is 0 Å². The molecule has 11 atom stereocenters. The molecule has 4 aliphatic rings. The van der Waals surface area contributed by atoms with Gasteiger partial charge in [0, 0.05) is 39.2 Å². The average molecular weight is 569 g/mol. The Balaban J connectivity index is 2.06. The quantitative estimate of drug-likeness (QED) is 0.216. The van der Waals surface area contributed by atoms with Crippen LogP contribution in [0.3, 0.4) is 0 Å². The van der Waals surface area contributed by atoms with Crippen LogP contribution < -0.4 is 0 Å². The minimum Gasteiger partial charge on any atom is -0.459 e. The van der Waals surface area contributed by atoms with Gasteiger partial charge in [-0.2, -0.15) is 0 Å². The van der Waals surface area contributed by atoms with Crippen LogP contribution in [-0.2, 0) is 47.6 Å². The molecule has 1 spiro atoms. The van der Waals surface area contributed by atoms with E-state index in [1.54, 1.807) is 0 Å². The van der Waals surface area contributed by atoms with Gasteiger partial charge >= 0.3 is 23.9 Å². The topological polar surface area (TPSA) is 188 Å². The number of epoxide rings is 1. The molecule has 13 nitrogen and oxygen atoms in total. The number of esters is 4. The van der Waals surface area contributed by atoms with E-state index in [0.29, 0.717) is 5.57 Å². The highest BCUT2D eigenvalue weighted by molar-refractivity contribution is 5.78. The molecule has 0 aromatic carbocycles. The molecule has 1 unspecified atom stereocenters. The second kappa shape index (κ2) is 10.5. The minimum absolute atomic E-state index is 0.00936. The smallest absolute Gasteiger partial charge is 0.312 e. The second-order valence-electron chi connectivity index (χ2n) is 11.1. The molecule has 4 rings (SSSR count). The Morgan fingerprint density at radius 3 is 2.17 bits per heavy atom. The van der Waals surface area contributed by atoms with Crippen molar-refractivity contribution in [1.29, 1.82) is 0 Å². The fourth-order valence-electron chi connectivity index (χ4n) is 6.60. The van der Waals surface area contributed by atoms with E-state index < -0.39 is 89.0 Å². The maximum Gasteiger partial charge on any atom is 0.312 e. The van der Waals surface area contributed by atoms with Gasteiger partial charge in [0.2, 0.25) is 0 Å². The maximum atomic E-state index is 12.9. The highest BCUT2D eigenvalue weighted by atomic mass is 16.6. The first-order chi connectivity index (χ1) is 18.6. The summed E-state index contributed by atoms with van der Waals surface area (Å²) in [5.74, 6) is -5.73. The third-order valence-corrected chi connectivity index (χ3v) is 8.60. The van der Waals surface area contributed by atoms with Gasteiger partial charge in [0.25, 0.3) is 0 Å². The summed E-state index contributed by atoms with van der Waals surface area (Å²) in [4.78, 5) is 49.8. The van der Waals surface area contributed by atoms with Crippen molar-refractivity contribution in [2.24, 2.45) is 17.3 Å². The zero-order valence-electron chi connectivity index (χ0n) is 23.2. The zero-order chi connectivity index (χ0) is 29.8. The van der Waals surface area contributed by atoms with Crippen molar-refractivity contribution in [3.8, 4) is 0 Å². The summed E-state index contributed by atoms with van der Waals surface area (Å²) in [7, 11) is 1.43. The highest BCUT2D eigenvalue weighted by Gasteiger charge is 2.79. The van der Waals surface area contributed by atoms with Crippen molar-refractivity contribution >= 4 is 23.9 Å². The van der Waals surface area contributed by atoms with E-state index in [4.69, 9.17) is 28.4 Å². The molecule has 13 heteroatoms. The number of carbonyl (C=O) groups excluding carboxylic acids is 4. The first kappa shape index (κ1) is 30.1. The van der Waals surface area contributed by atoms with Gasteiger partial charge in [-0.25, -0.2) is 0 Å². The molecular formula is C27H36O13. The highest BCUT2D eigenvalue weighted by Crippen LogP contribution is 2.61. The van der Waals surface area contributed by atoms with E-state index in [1.165, 1.54) is 39.2 Å². The number of methoxy groups -OCH3 is 1. The molecule has 2 saturated heterocycles. The predicted molar refractivity (Wildman–Crippen MR) is 132 cm³/mol. The lowest BCUT2D eigenvalue weighted by molar-refractivity contribution is -0.273. The summed E-state index contributed by atoms with van der Waals surface area (Å²) in [6, 6.07) is 0. The van der Waals surface area contributed by atoms with Gasteiger partial charge in [0.1, 0.15) is 30.0 Å². The largest absolute Gasteiger partial charge is 0.459 e. The van der Waals surface area contributed by atoms with E-state index in [-0.39, 0.29) is 13.2 Å². The molecule has 3 fully saturated rings. The molecule has 3 N–H and O–H groups in total. The summed E-state index contributed by atoms with van der Waals surface area (Å²) in [6.07, 6.45) is -4.81. The number of ether oxygens (including phenoxy) is 6. The van der Waals surface area contributed by atoms with Gasteiger partial charge in [-0.3, -0.25) is 19.2 Å². The Bertz CT molecular complexity index is 1130. The molecule has 0 bridgehead atoms. The van der Waals surface area contributed by atoms with Crippen LogP contribution in [0.5, 0.6) is 0 Å². The first-order valence-corrected chi connectivity index (χ1v) is 13.0. The summed E-state index contributed by atoms with van der Waals surface area (Å²) in [5.41, 5.74) is -5.23. The Morgan fingerprint density at radius 2 is 1.65 bits per heavy atom. The molecule has 0 aromatic heterocycles. The third kappa shape index (κ3) is 4.63. The van der Waals surface area contributed by atoms with E-state index in [9.17, 15) is 34.5 Å². The number of aliphatic hydroxyl groups excluding tert-OH is 2. The molecule has 2 aliphatic carbocycles. The van der Waals surface area contributed by atoms with Crippen molar-refractivity contribution in [2.75, 3.05) is 20.3 Å². The van der Waals surface area contributed by atoms with Crippen molar-refractivity contribution in [3.05, 3.63) is 23.8 Å². The average Bonchev–Trinajstić information content (AvgIpc) is 3.62. The number of rotatable bonds is 5. The molecule has 0 aromatic rings. The molecule has 2 heterocycles. The molecular weight excluding hydrogens is 532 g/mol. The van der Waals surface area contributed by atoms with E-state index in [2.05, 4.69) is 0 Å². The zero-order valence-corrected chi connectivity index (χ0v) is 23.2. The molecule has 1 saturated carbocycles.